The summed E-state index contributed by atoms with van der Waals surface area (Å²) in [4.78, 5) is 12.3. The number of hydrogen-bond acceptors (Lipinski definition) is 3. The first-order chi connectivity index (χ1) is 12.7. The minimum atomic E-state index is -0.125. The third kappa shape index (κ3) is 5.23. The Balaban J connectivity index is 1.47. The molecule has 4 nitrogen and oxygen atoms in total. The summed E-state index contributed by atoms with van der Waals surface area (Å²) in [6, 6.07) is 24.4. The van der Waals surface area contributed by atoms with E-state index in [1.54, 1.807) is 6.07 Å². The highest BCUT2D eigenvalue weighted by molar-refractivity contribution is 14.1. The van der Waals surface area contributed by atoms with Gasteiger partial charge in [-0.3, -0.25) is 4.79 Å². The van der Waals surface area contributed by atoms with Gasteiger partial charge < -0.3 is 14.8 Å². The van der Waals surface area contributed by atoms with E-state index < -0.39 is 0 Å². The molecule has 0 heterocycles. The lowest BCUT2D eigenvalue weighted by Gasteiger charge is -2.10. The number of nitrogens with one attached hydrogen (secondary N) is 1. The van der Waals surface area contributed by atoms with E-state index >= 15 is 0 Å². The summed E-state index contributed by atoms with van der Waals surface area (Å²) >= 11 is 2.15. The zero-order valence-electron chi connectivity index (χ0n) is 14.0. The van der Waals surface area contributed by atoms with Crippen LogP contribution in [0.1, 0.15) is 10.4 Å². The number of halogens is 1. The second-order valence-corrected chi connectivity index (χ2v) is 6.63. The van der Waals surface area contributed by atoms with Crippen LogP contribution < -0.4 is 14.8 Å². The third-order valence-electron chi connectivity index (χ3n) is 3.59. The highest BCUT2D eigenvalue weighted by Gasteiger charge is 2.09. The van der Waals surface area contributed by atoms with Crippen molar-refractivity contribution in [1.82, 2.24) is 0 Å². The van der Waals surface area contributed by atoms with Gasteiger partial charge in [0.15, 0.2) is 0 Å². The molecule has 0 atom stereocenters. The van der Waals surface area contributed by atoms with Crippen LogP contribution in [0.15, 0.2) is 78.9 Å². The molecule has 3 rings (SSSR count). The Labute approximate surface area is 166 Å². The fourth-order valence-electron chi connectivity index (χ4n) is 2.31. The van der Waals surface area contributed by atoms with E-state index in [1.807, 2.05) is 72.8 Å². The van der Waals surface area contributed by atoms with Crippen molar-refractivity contribution in [3.05, 3.63) is 88.0 Å². The van der Waals surface area contributed by atoms with Gasteiger partial charge in [-0.05, 0) is 71.1 Å². The quantitative estimate of drug-likeness (QED) is 0.400. The molecule has 0 aliphatic rings. The third-order valence-corrected chi connectivity index (χ3v) is 4.54. The zero-order chi connectivity index (χ0) is 18.2. The Kier molecular flexibility index (Phi) is 6.49. The Morgan fingerprint density at radius 2 is 1.35 bits per heavy atom. The minimum Gasteiger partial charge on any atom is -0.490 e. The zero-order valence-corrected chi connectivity index (χ0v) is 16.2. The molecule has 0 saturated heterocycles. The van der Waals surface area contributed by atoms with Crippen molar-refractivity contribution in [3.8, 4) is 11.5 Å². The van der Waals surface area contributed by atoms with Crippen molar-refractivity contribution in [2.75, 3.05) is 18.5 Å². The van der Waals surface area contributed by atoms with Gasteiger partial charge in [-0.15, -0.1) is 0 Å². The summed E-state index contributed by atoms with van der Waals surface area (Å²) in [5.74, 6) is 1.43. The van der Waals surface area contributed by atoms with E-state index in [9.17, 15) is 4.79 Å². The van der Waals surface area contributed by atoms with Gasteiger partial charge >= 0.3 is 0 Å². The van der Waals surface area contributed by atoms with Gasteiger partial charge in [0.25, 0.3) is 5.91 Å². The molecule has 0 unspecified atom stereocenters. The molecule has 0 saturated carbocycles. The maximum absolute atomic E-state index is 12.3. The van der Waals surface area contributed by atoms with E-state index in [4.69, 9.17) is 9.47 Å². The summed E-state index contributed by atoms with van der Waals surface area (Å²) in [5.41, 5.74) is 1.38. The first-order valence-corrected chi connectivity index (χ1v) is 9.27. The van der Waals surface area contributed by atoms with Crippen molar-refractivity contribution in [2.45, 2.75) is 0 Å². The molecule has 3 aromatic rings. The molecular formula is C21H18INO3. The number of ether oxygens (including phenoxy) is 2. The Bertz CT molecular complexity index is 851. The summed E-state index contributed by atoms with van der Waals surface area (Å²) in [6.45, 7) is 0.914. The van der Waals surface area contributed by atoms with Crippen LogP contribution in [0.4, 0.5) is 5.69 Å². The van der Waals surface area contributed by atoms with Crippen LogP contribution in [0.25, 0.3) is 0 Å². The maximum Gasteiger partial charge on any atom is 0.256 e. The molecule has 0 fully saturated rings. The number of amides is 1. The van der Waals surface area contributed by atoms with Crippen LogP contribution in [0.2, 0.25) is 0 Å². The highest BCUT2D eigenvalue weighted by Crippen LogP contribution is 2.18. The van der Waals surface area contributed by atoms with Crippen molar-refractivity contribution in [3.63, 3.8) is 0 Å². The smallest absolute Gasteiger partial charge is 0.256 e. The van der Waals surface area contributed by atoms with E-state index in [2.05, 4.69) is 27.9 Å². The molecule has 0 radical (unpaired) electrons. The predicted octanol–water partition coefficient (Wildman–Crippen LogP) is 5.00. The number of carbonyl (C=O) groups is 1. The van der Waals surface area contributed by atoms with Gasteiger partial charge in [-0.2, -0.15) is 0 Å². The monoisotopic (exact) mass is 459 g/mol. The van der Waals surface area contributed by atoms with Crippen molar-refractivity contribution in [1.29, 1.82) is 0 Å². The van der Waals surface area contributed by atoms with Crippen LogP contribution in [-0.4, -0.2) is 19.1 Å². The lowest BCUT2D eigenvalue weighted by molar-refractivity contribution is 0.102. The van der Waals surface area contributed by atoms with Crippen LogP contribution in [-0.2, 0) is 0 Å². The number of para-hydroxylation sites is 1. The van der Waals surface area contributed by atoms with Gasteiger partial charge in [0.05, 0.1) is 5.56 Å². The average Bonchev–Trinajstić information content (AvgIpc) is 2.67. The Morgan fingerprint density at radius 1 is 0.769 bits per heavy atom. The first-order valence-electron chi connectivity index (χ1n) is 8.19. The van der Waals surface area contributed by atoms with Gasteiger partial charge in [0.1, 0.15) is 24.7 Å². The molecule has 132 valence electrons. The van der Waals surface area contributed by atoms with Gasteiger partial charge in [0.2, 0.25) is 0 Å². The van der Waals surface area contributed by atoms with Gasteiger partial charge in [-0.25, -0.2) is 0 Å². The van der Waals surface area contributed by atoms with Crippen molar-refractivity contribution < 1.29 is 14.3 Å². The molecule has 0 aromatic heterocycles. The standard InChI is InChI=1S/C21H18INO3/c22-20-9-5-4-8-19(20)21(24)23-16-10-12-18(13-11-16)26-15-14-25-17-6-2-1-3-7-17/h1-13H,14-15H2,(H,23,24). The number of rotatable bonds is 7. The first kappa shape index (κ1) is 18.3. The molecule has 1 N–H and O–H groups in total. The fourth-order valence-corrected chi connectivity index (χ4v) is 2.95. The predicted molar refractivity (Wildman–Crippen MR) is 111 cm³/mol. The SMILES string of the molecule is O=C(Nc1ccc(OCCOc2ccccc2)cc1)c1ccccc1I. The number of hydrogen-bond donors (Lipinski definition) is 1. The van der Waals surface area contributed by atoms with Crippen LogP contribution in [0.3, 0.4) is 0 Å². The number of carbonyl (C=O) groups excluding carboxylic acids is 1. The Hall–Kier alpha value is -2.54. The van der Waals surface area contributed by atoms with Crippen molar-refractivity contribution in [2.24, 2.45) is 0 Å². The number of benzene rings is 3. The number of anilines is 1. The summed E-state index contributed by atoms with van der Waals surface area (Å²) < 4.78 is 12.2. The summed E-state index contributed by atoms with van der Waals surface area (Å²) in [7, 11) is 0. The second-order valence-electron chi connectivity index (χ2n) is 5.47. The summed E-state index contributed by atoms with van der Waals surface area (Å²) in [6.07, 6.45) is 0. The van der Waals surface area contributed by atoms with E-state index in [0.29, 0.717) is 18.8 Å². The van der Waals surface area contributed by atoms with E-state index in [1.165, 1.54) is 0 Å². The average molecular weight is 459 g/mol. The molecule has 3 aromatic carbocycles. The molecule has 5 heteroatoms. The van der Waals surface area contributed by atoms with E-state index in [0.717, 1.165) is 20.8 Å². The normalized spacial score (nSPS) is 10.2. The lowest BCUT2D eigenvalue weighted by Crippen LogP contribution is -2.13. The molecule has 1 amide bonds. The molecule has 26 heavy (non-hydrogen) atoms. The molecule has 0 spiro atoms. The van der Waals surface area contributed by atoms with Gasteiger partial charge in [-0.1, -0.05) is 30.3 Å². The van der Waals surface area contributed by atoms with Crippen molar-refractivity contribution >= 4 is 34.2 Å². The second kappa shape index (κ2) is 9.24. The fraction of sp³-hybridized carbons (Fsp3) is 0.0952. The van der Waals surface area contributed by atoms with Crippen LogP contribution in [0, 0.1) is 3.57 Å². The van der Waals surface area contributed by atoms with E-state index in [-0.39, 0.29) is 5.91 Å². The molecule has 0 bridgehead atoms. The minimum absolute atomic E-state index is 0.125. The highest BCUT2D eigenvalue weighted by atomic mass is 127. The maximum atomic E-state index is 12.3. The van der Waals surface area contributed by atoms with Crippen LogP contribution in [0.5, 0.6) is 11.5 Å². The Morgan fingerprint density at radius 3 is 2.00 bits per heavy atom. The lowest BCUT2D eigenvalue weighted by atomic mass is 10.2. The van der Waals surface area contributed by atoms with Crippen LogP contribution >= 0.6 is 22.6 Å². The molecule has 0 aliphatic carbocycles. The molecular weight excluding hydrogens is 441 g/mol. The molecule has 0 aliphatic heterocycles. The largest absolute Gasteiger partial charge is 0.490 e. The topological polar surface area (TPSA) is 47.6 Å². The van der Waals surface area contributed by atoms with Gasteiger partial charge in [0, 0.05) is 9.26 Å². The summed E-state index contributed by atoms with van der Waals surface area (Å²) in [5, 5.41) is 2.89.